The van der Waals surface area contributed by atoms with Crippen molar-refractivity contribution >= 4 is 34.9 Å². The summed E-state index contributed by atoms with van der Waals surface area (Å²) in [4.78, 5) is 39.2. The Morgan fingerprint density at radius 3 is 2.55 bits per heavy atom. The van der Waals surface area contributed by atoms with Crippen molar-refractivity contribution in [3.05, 3.63) is 86.0 Å². The number of carbonyl (C=O) groups excluding carboxylic acids is 1. The largest absolute Gasteiger partial charge is 0.473 e. The molecule has 0 bridgehead atoms. The number of rotatable bonds is 7. The van der Waals surface area contributed by atoms with Crippen molar-refractivity contribution in [2.75, 3.05) is 26.2 Å². The first-order chi connectivity index (χ1) is 20.1. The number of ether oxygens (including phenoxy) is 1. The summed E-state index contributed by atoms with van der Waals surface area (Å²) in [5.74, 6) is -0.796. The lowest BCUT2D eigenvalue weighted by molar-refractivity contribution is 0.0735. The van der Waals surface area contributed by atoms with Crippen molar-refractivity contribution in [2.24, 2.45) is 0 Å². The molecule has 1 amide bonds. The fourth-order valence-corrected chi connectivity index (χ4v) is 5.65. The van der Waals surface area contributed by atoms with Crippen LogP contribution >= 0.6 is 22.9 Å². The Morgan fingerprint density at radius 1 is 1.17 bits per heavy atom. The maximum atomic E-state index is 14.7. The van der Waals surface area contributed by atoms with Crippen LogP contribution in [0.15, 0.2) is 58.3 Å². The molecule has 0 saturated carbocycles. The second kappa shape index (κ2) is 12.6. The summed E-state index contributed by atoms with van der Waals surface area (Å²) in [6.07, 6.45) is 2.50. The van der Waals surface area contributed by atoms with Crippen LogP contribution in [0, 0.1) is 5.82 Å². The summed E-state index contributed by atoms with van der Waals surface area (Å²) in [7, 11) is 0. The highest BCUT2D eigenvalue weighted by molar-refractivity contribution is 7.13. The lowest BCUT2D eigenvalue weighted by Gasteiger charge is -2.29. The molecule has 1 aromatic carbocycles. The predicted octanol–water partition coefficient (Wildman–Crippen LogP) is 6.07. The Labute approximate surface area is 252 Å². The Hall–Kier alpha value is -3.86. The molecule has 3 aromatic heterocycles. The van der Waals surface area contributed by atoms with E-state index in [0.29, 0.717) is 53.2 Å². The van der Waals surface area contributed by atoms with Crippen LogP contribution in [0.2, 0.25) is 5.02 Å². The molecule has 0 unspecified atom stereocenters. The maximum Gasteiger partial charge on any atom is 0.266 e. The van der Waals surface area contributed by atoms with E-state index in [-0.39, 0.29) is 29.1 Å². The number of pyridine rings is 2. The van der Waals surface area contributed by atoms with Crippen molar-refractivity contribution in [3.63, 3.8) is 0 Å². The van der Waals surface area contributed by atoms with Gasteiger partial charge in [-0.3, -0.25) is 14.2 Å². The van der Waals surface area contributed by atoms with E-state index >= 15 is 0 Å². The van der Waals surface area contributed by atoms with Gasteiger partial charge < -0.3 is 15.0 Å². The van der Waals surface area contributed by atoms with Crippen LogP contribution in [0.25, 0.3) is 33.6 Å². The van der Waals surface area contributed by atoms with Gasteiger partial charge in [-0.25, -0.2) is 14.4 Å². The molecular weight excluding hydrogens is 577 g/mol. The van der Waals surface area contributed by atoms with Crippen molar-refractivity contribution < 1.29 is 13.9 Å². The number of piperazine rings is 1. The molecule has 0 aliphatic carbocycles. The second-order valence-electron chi connectivity index (χ2n) is 10.5. The average Bonchev–Trinajstić information content (AvgIpc) is 3.44. The van der Waals surface area contributed by atoms with Gasteiger partial charge in [-0.05, 0) is 52.0 Å². The zero-order valence-electron chi connectivity index (χ0n) is 23.8. The van der Waals surface area contributed by atoms with Gasteiger partial charge in [-0.2, -0.15) is 0 Å². The quantitative estimate of drug-likeness (QED) is 0.274. The first-order valence-electron chi connectivity index (χ1n) is 13.6. The zero-order valence-corrected chi connectivity index (χ0v) is 25.4. The Kier molecular flexibility index (Phi) is 8.86. The van der Waals surface area contributed by atoms with Gasteiger partial charge in [-0.1, -0.05) is 29.3 Å². The summed E-state index contributed by atoms with van der Waals surface area (Å²) in [5.41, 5.74) is 2.81. The van der Waals surface area contributed by atoms with Gasteiger partial charge in [0.15, 0.2) is 0 Å². The fourth-order valence-electron chi connectivity index (χ4n) is 4.69. The average molecular weight is 608 g/mol. The summed E-state index contributed by atoms with van der Waals surface area (Å²) < 4.78 is 22.0. The molecule has 8 nitrogen and oxygen atoms in total. The minimum Gasteiger partial charge on any atom is -0.473 e. The van der Waals surface area contributed by atoms with Gasteiger partial charge in [0.05, 0.1) is 34.8 Å². The van der Waals surface area contributed by atoms with E-state index in [1.165, 1.54) is 22.0 Å². The summed E-state index contributed by atoms with van der Waals surface area (Å²) in [6.45, 7) is 9.73. The summed E-state index contributed by atoms with van der Waals surface area (Å²) in [5, 5.41) is 6.14. The number of nitrogens with one attached hydrogen (secondary N) is 1. The molecule has 1 saturated heterocycles. The first kappa shape index (κ1) is 29.6. The minimum atomic E-state index is -0.643. The molecule has 1 aliphatic heterocycles. The number of halogens is 2. The van der Waals surface area contributed by atoms with Crippen molar-refractivity contribution in [2.45, 2.75) is 33.8 Å². The number of hydrogen-bond donors (Lipinski definition) is 1. The van der Waals surface area contributed by atoms with Crippen LogP contribution in [-0.2, 0) is 0 Å². The predicted molar refractivity (Wildman–Crippen MR) is 165 cm³/mol. The molecular formula is C31H31ClFN5O3S. The van der Waals surface area contributed by atoms with E-state index in [4.69, 9.17) is 21.3 Å². The zero-order chi connectivity index (χ0) is 30.0. The third kappa shape index (κ3) is 6.30. The van der Waals surface area contributed by atoms with Crippen LogP contribution in [0.3, 0.4) is 0 Å². The highest BCUT2D eigenvalue weighted by Crippen LogP contribution is 2.32. The SMILES string of the molecule is CC(C)=Cc1c(C(=O)N2CCNCC2)cc(-c2nc(-c3ccc(Cl)cc3)cs2)c(=O)n1-c1cc(F)cnc1OC(C)C. The van der Waals surface area contributed by atoms with Gasteiger partial charge in [0.25, 0.3) is 11.5 Å². The topological polar surface area (TPSA) is 89.4 Å². The van der Waals surface area contributed by atoms with E-state index in [1.807, 2.05) is 45.2 Å². The second-order valence-corrected chi connectivity index (χ2v) is 11.7. The van der Waals surface area contributed by atoms with Crippen LogP contribution in [0.5, 0.6) is 5.88 Å². The van der Waals surface area contributed by atoms with Crippen molar-refractivity contribution in [3.8, 4) is 33.4 Å². The van der Waals surface area contributed by atoms with Crippen LogP contribution < -0.4 is 15.6 Å². The normalized spacial score (nSPS) is 13.4. The first-order valence-corrected chi connectivity index (χ1v) is 14.9. The number of hydrogen-bond acceptors (Lipinski definition) is 7. The molecule has 4 aromatic rings. The molecule has 0 spiro atoms. The van der Waals surface area contributed by atoms with Crippen molar-refractivity contribution in [1.29, 1.82) is 0 Å². The van der Waals surface area contributed by atoms with E-state index < -0.39 is 11.4 Å². The van der Waals surface area contributed by atoms with Crippen LogP contribution in [-0.4, -0.2) is 57.6 Å². The van der Waals surface area contributed by atoms with E-state index in [9.17, 15) is 14.0 Å². The third-order valence-electron chi connectivity index (χ3n) is 6.56. The fraction of sp³-hybridized carbons (Fsp3) is 0.290. The number of amides is 1. The summed E-state index contributed by atoms with van der Waals surface area (Å²) in [6, 6.07) is 10.1. The van der Waals surface area contributed by atoms with Gasteiger partial charge in [0, 0.05) is 48.2 Å². The minimum absolute atomic E-state index is 0.0793. The number of benzene rings is 1. The summed E-state index contributed by atoms with van der Waals surface area (Å²) >= 11 is 7.35. The van der Waals surface area contributed by atoms with Gasteiger partial charge >= 0.3 is 0 Å². The number of allylic oxidation sites excluding steroid dienone is 1. The number of thiazole rings is 1. The maximum absolute atomic E-state index is 14.7. The van der Waals surface area contributed by atoms with Crippen molar-refractivity contribution in [1.82, 2.24) is 24.8 Å². The molecule has 11 heteroatoms. The highest BCUT2D eigenvalue weighted by atomic mass is 35.5. The van der Waals surface area contributed by atoms with Crippen LogP contribution in [0.1, 0.15) is 43.7 Å². The monoisotopic (exact) mass is 607 g/mol. The van der Waals surface area contributed by atoms with E-state index in [1.54, 1.807) is 29.2 Å². The molecule has 42 heavy (non-hydrogen) atoms. The molecule has 218 valence electrons. The van der Waals surface area contributed by atoms with Crippen LogP contribution in [0.4, 0.5) is 4.39 Å². The molecule has 1 N–H and O–H groups in total. The van der Waals surface area contributed by atoms with Gasteiger partial charge in [0.1, 0.15) is 16.5 Å². The Bertz CT molecular complexity index is 1700. The van der Waals surface area contributed by atoms with Gasteiger partial charge in [0.2, 0.25) is 5.88 Å². The standard InChI is InChI=1S/C31H31ClFN5O3S/c1-18(2)13-26-23(30(39)37-11-9-34-10-12-37)15-24(29-36-25(17-42-29)20-5-7-21(32)8-6-20)31(40)38(26)27-14-22(33)16-35-28(27)41-19(3)4/h5-8,13-17,19,34H,9-12H2,1-4H3. The number of aromatic nitrogens is 3. The lowest BCUT2D eigenvalue weighted by Crippen LogP contribution is -2.47. The highest BCUT2D eigenvalue weighted by Gasteiger charge is 2.28. The van der Waals surface area contributed by atoms with E-state index in [0.717, 1.165) is 17.3 Å². The Balaban J connectivity index is 1.80. The Morgan fingerprint density at radius 2 is 1.88 bits per heavy atom. The molecule has 1 aliphatic rings. The smallest absolute Gasteiger partial charge is 0.266 e. The number of nitrogens with zero attached hydrogens (tertiary/aromatic N) is 4. The van der Waals surface area contributed by atoms with E-state index in [2.05, 4.69) is 10.3 Å². The lowest BCUT2D eigenvalue weighted by atomic mass is 10.0. The number of carbonyl (C=O) groups is 1. The molecule has 0 atom stereocenters. The van der Waals surface area contributed by atoms with Gasteiger partial charge in [-0.15, -0.1) is 11.3 Å². The third-order valence-corrected chi connectivity index (χ3v) is 7.69. The molecule has 1 fully saturated rings. The molecule has 4 heterocycles. The molecule has 0 radical (unpaired) electrons. The molecule has 5 rings (SSSR count).